The van der Waals surface area contributed by atoms with Crippen LogP contribution in [-0.4, -0.2) is 31.8 Å². The monoisotopic (exact) mass is 721 g/mol. The molecule has 8 nitrogen and oxygen atoms in total. The Labute approximate surface area is 318 Å². The SMILES string of the molecule is COc1ccc(C2=C(c3ccc(OC)cc3)[C@@]3(c4ccccc4)C(=O)[C@@]2(c2ccccc2)[C@H]2C(=O)N(c4ccc(N=Nc5ccccc5)cc4)C(=O)[C@@H]23)cc1. The first-order valence-electron chi connectivity index (χ1n) is 18.1. The van der Waals surface area contributed by atoms with E-state index < -0.39 is 34.5 Å². The topological polar surface area (TPSA) is 97.6 Å². The number of ether oxygens (including phenoxy) is 2. The van der Waals surface area contributed by atoms with Gasteiger partial charge in [-0.25, -0.2) is 4.90 Å². The molecule has 0 spiro atoms. The van der Waals surface area contributed by atoms with E-state index in [4.69, 9.17) is 9.47 Å². The van der Waals surface area contributed by atoms with E-state index in [0.29, 0.717) is 50.8 Å². The molecule has 2 aliphatic carbocycles. The quantitative estimate of drug-likeness (QED) is 0.110. The molecule has 2 amide bonds. The number of rotatable bonds is 9. The number of ketones is 1. The van der Waals surface area contributed by atoms with Gasteiger partial charge in [0.2, 0.25) is 11.8 Å². The van der Waals surface area contributed by atoms with Crippen LogP contribution in [-0.2, 0) is 25.2 Å². The minimum absolute atomic E-state index is 0.193. The summed E-state index contributed by atoms with van der Waals surface area (Å²) in [4.78, 5) is 48.1. The third kappa shape index (κ3) is 4.87. The molecular weight excluding hydrogens is 687 g/mol. The van der Waals surface area contributed by atoms with Gasteiger partial charge < -0.3 is 9.47 Å². The summed E-state index contributed by atoms with van der Waals surface area (Å²) in [6.07, 6.45) is 0. The second-order valence-electron chi connectivity index (χ2n) is 13.9. The molecule has 1 saturated heterocycles. The molecule has 8 heteroatoms. The minimum atomic E-state index is -1.53. The normalized spacial score (nSPS) is 22.8. The zero-order valence-corrected chi connectivity index (χ0v) is 30.1. The zero-order valence-electron chi connectivity index (χ0n) is 30.1. The molecule has 1 saturated carbocycles. The number of carbonyl (C=O) groups excluding carboxylic acids is 3. The molecule has 6 aromatic carbocycles. The average Bonchev–Trinajstić information content (AvgIpc) is 3.76. The highest BCUT2D eigenvalue weighted by atomic mass is 16.5. The summed E-state index contributed by atoms with van der Waals surface area (Å²) in [5, 5.41) is 8.68. The first kappa shape index (κ1) is 33.9. The van der Waals surface area contributed by atoms with Gasteiger partial charge in [0, 0.05) is 0 Å². The van der Waals surface area contributed by atoms with Crippen LogP contribution in [0.15, 0.2) is 174 Å². The summed E-state index contributed by atoms with van der Waals surface area (Å²) >= 11 is 0. The Morgan fingerprint density at radius 3 is 1.25 bits per heavy atom. The smallest absolute Gasteiger partial charge is 0.239 e. The lowest BCUT2D eigenvalue weighted by atomic mass is 9.59. The fraction of sp³-hybridized carbons (Fsp3) is 0.128. The number of azo groups is 1. The predicted molar refractivity (Wildman–Crippen MR) is 211 cm³/mol. The van der Waals surface area contributed by atoms with Crippen molar-refractivity contribution in [2.24, 2.45) is 22.1 Å². The Bertz CT molecular complexity index is 2370. The summed E-state index contributed by atoms with van der Waals surface area (Å²) in [5.41, 5.74) is 2.82. The van der Waals surface area contributed by atoms with Gasteiger partial charge in [0.15, 0.2) is 5.78 Å². The van der Waals surface area contributed by atoms with Crippen molar-refractivity contribution in [3.63, 3.8) is 0 Å². The molecule has 0 unspecified atom stereocenters. The lowest BCUT2D eigenvalue weighted by Crippen LogP contribution is -2.45. The van der Waals surface area contributed by atoms with Crippen molar-refractivity contribution in [2.75, 3.05) is 19.1 Å². The van der Waals surface area contributed by atoms with Crippen LogP contribution in [0.1, 0.15) is 22.3 Å². The lowest BCUT2D eigenvalue weighted by molar-refractivity contribution is -0.130. The second-order valence-corrected chi connectivity index (χ2v) is 13.9. The summed E-state index contributed by atoms with van der Waals surface area (Å²) in [6, 6.07) is 50.4. The van der Waals surface area contributed by atoms with E-state index in [1.54, 1.807) is 38.5 Å². The highest BCUT2D eigenvalue weighted by molar-refractivity contribution is 6.39. The van der Waals surface area contributed by atoms with Gasteiger partial charge in [-0.2, -0.15) is 10.2 Å². The molecule has 2 fully saturated rings. The van der Waals surface area contributed by atoms with Crippen LogP contribution < -0.4 is 14.4 Å². The van der Waals surface area contributed by atoms with Crippen molar-refractivity contribution < 1.29 is 23.9 Å². The fourth-order valence-corrected chi connectivity index (χ4v) is 9.17. The Morgan fingerprint density at radius 2 is 0.855 bits per heavy atom. The molecule has 2 bridgehead atoms. The molecular formula is C47H35N3O5. The average molecular weight is 722 g/mol. The molecule has 0 N–H and O–H groups in total. The maximum atomic E-state index is 16.2. The van der Waals surface area contributed by atoms with Gasteiger partial charge in [-0.05, 0) is 94.1 Å². The molecule has 0 aromatic heterocycles. The predicted octanol–water partition coefficient (Wildman–Crippen LogP) is 9.31. The maximum absolute atomic E-state index is 16.2. The van der Waals surface area contributed by atoms with E-state index in [9.17, 15) is 0 Å². The van der Waals surface area contributed by atoms with E-state index >= 15 is 14.4 Å². The molecule has 6 aromatic rings. The number of nitrogens with zero attached hydrogens (tertiary/aromatic N) is 3. The summed E-state index contributed by atoms with van der Waals surface area (Å²) in [5.74, 6) is -1.84. The van der Waals surface area contributed by atoms with Crippen LogP contribution in [0.5, 0.6) is 11.5 Å². The van der Waals surface area contributed by atoms with E-state index in [1.165, 1.54) is 4.90 Å². The van der Waals surface area contributed by atoms with Crippen molar-refractivity contribution in [1.82, 2.24) is 0 Å². The van der Waals surface area contributed by atoms with Crippen molar-refractivity contribution in [3.8, 4) is 11.5 Å². The number of hydrogen-bond donors (Lipinski definition) is 0. The molecule has 9 rings (SSSR count). The van der Waals surface area contributed by atoms with Crippen molar-refractivity contribution in [2.45, 2.75) is 10.8 Å². The lowest BCUT2D eigenvalue weighted by Gasteiger charge is -2.39. The highest BCUT2D eigenvalue weighted by Crippen LogP contribution is 2.74. The first-order chi connectivity index (χ1) is 26.9. The van der Waals surface area contributed by atoms with Gasteiger partial charge in [-0.1, -0.05) is 103 Å². The fourth-order valence-electron chi connectivity index (χ4n) is 9.17. The molecule has 1 heterocycles. The van der Waals surface area contributed by atoms with Gasteiger partial charge in [-0.15, -0.1) is 0 Å². The number of fused-ring (bicyclic) bond motifs is 5. The third-order valence-electron chi connectivity index (χ3n) is 11.4. The minimum Gasteiger partial charge on any atom is -0.497 e. The number of benzene rings is 6. The maximum Gasteiger partial charge on any atom is 0.239 e. The summed E-state index contributed by atoms with van der Waals surface area (Å²) in [7, 11) is 3.21. The van der Waals surface area contributed by atoms with E-state index in [1.807, 2.05) is 140 Å². The largest absolute Gasteiger partial charge is 0.497 e. The van der Waals surface area contributed by atoms with E-state index in [2.05, 4.69) is 10.2 Å². The number of methoxy groups -OCH3 is 2. The van der Waals surface area contributed by atoms with Gasteiger partial charge in [0.25, 0.3) is 0 Å². The van der Waals surface area contributed by atoms with Crippen molar-refractivity contribution >= 4 is 45.8 Å². The van der Waals surface area contributed by atoms with Crippen LogP contribution in [0.25, 0.3) is 11.1 Å². The number of imide groups is 1. The van der Waals surface area contributed by atoms with Gasteiger partial charge in [-0.3, -0.25) is 14.4 Å². The number of Topliss-reactive ketones (excluding diaryl/α,β-unsaturated/α-hetero) is 1. The van der Waals surface area contributed by atoms with Crippen LogP contribution in [0.2, 0.25) is 0 Å². The first-order valence-corrected chi connectivity index (χ1v) is 18.1. The molecule has 0 radical (unpaired) electrons. The zero-order chi connectivity index (χ0) is 37.7. The number of carbonyl (C=O) groups is 3. The molecule has 3 aliphatic rings. The number of amides is 2. The van der Waals surface area contributed by atoms with E-state index in [0.717, 1.165) is 11.1 Å². The Hall–Kier alpha value is -6.93. The molecule has 268 valence electrons. The Morgan fingerprint density at radius 1 is 0.473 bits per heavy atom. The number of hydrogen-bond acceptors (Lipinski definition) is 7. The van der Waals surface area contributed by atoms with Crippen LogP contribution in [0, 0.1) is 11.8 Å². The Balaban J connectivity index is 1.31. The Kier molecular flexibility index (Phi) is 8.12. The standard InChI is InChI=1S/C47H35N3O5/c1-54-37-26-18-30(19-27-37)39-40(31-20-28-38(55-2)29-21-31)47(33-14-8-4-9-15-33)42-41(46(39,45(47)53)32-12-6-3-7-13-32)43(51)50(44(42)52)36-24-22-35(23-25-36)49-48-34-16-10-5-11-17-34/h3-29,41-42H,1-2H3/t41-,42-,46-,47-/m1/s1. The van der Waals surface area contributed by atoms with Gasteiger partial charge in [0.05, 0.1) is 53.9 Å². The van der Waals surface area contributed by atoms with Crippen molar-refractivity contribution in [1.29, 1.82) is 0 Å². The summed E-state index contributed by atoms with van der Waals surface area (Å²) in [6.45, 7) is 0. The van der Waals surface area contributed by atoms with Crippen molar-refractivity contribution in [3.05, 3.63) is 186 Å². The molecule has 4 atom stereocenters. The number of allylic oxidation sites excluding steroid dienone is 2. The van der Waals surface area contributed by atoms with Crippen LogP contribution in [0.4, 0.5) is 17.1 Å². The van der Waals surface area contributed by atoms with E-state index in [-0.39, 0.29) is 5.78 Å². The van der Waals surface area contributed by atoms with Gasteiger partial charge >= 0.3 is 0 Å². The molecule has 1 aliphatic heterocycles. The highest BCUT2D eigenvalue weighted by Gasteiger charge is 2.82. The third-order valence-corrected chi connectivity index (χ3v) is 11.4. The number of anilines is 1. The molecule has 55 heavy (non-hydrogen) atoms. The van der Waals surface area contributed by atoms with Gasteiger partial charge in [0.1, 0.15) is 11.5 Å². The second kappa shape index (κ2) is 13.2. The summed E-state index contributed by atoms with van der Waals surface area (Å²) < 4.78 is 11.1. The van der Waals surface area contributed by atoms with Crippen LogP contribution >= 0.6 is 0 Å². The van der Waals surface area contributed by atoms with Crippen LogP contribution in [0.3, 0.4) is 0 Å².